The summed E-state index contributed by atoms with van der Waals surface area (Å²) in [4.78, 5) is 9.71. The van der Waals surface area contributed by atoms with Crippen molar-refractivity contribution >= 4 is 21.9 Å². The second-order valence-electron chi connectivity index (χ2n) is 2.89. The summed E-state index contributed by atoms with van der Waals surface area (Å²) in [6.07, 6.45) is 0. The Balaban J connectivity index is 3.07. The van der Waals surface area contributed by atoms with E-state index in [4.69, 9.17) is 25.1 Å². The number of carboxylic acids is 1. The standard InChI is InChI=1S/C9H18BrNO5/c10-8(9(12)13)7-16-6-5-15-4-3-14-2-1-11/h8H,1-7,11H2,(H,12,13). The molecular weight excluding hydrogens is 282 g/mol. The summed E-state index contributed by atoms with van der Waals surface area (Å²) in [5, 5.41) is 8.52. The van der Waals surface area contributed by atoms with Gasteiger partial charge in [0.15, 0.2) is 0 Å². The largest absolute Gasteiger partial charge is 0.480 e. The number of nitrogens with two attached hydrogens (primary N) is 1. The van der Waals surface area contributed by atoms with Crippen molar-refractivity contribution in [3.8, 4) is 0 Å². The number of carbonyl (C=O) groups is 1. The Bertz CT molecular complexity index is 181. The van der Waals surface area contributed by atoms with Gasteiger partial charge in [-0.05, 0) is 0 Å². The SMILES string of the molecule is NCCOCCOCCOCC(Br)C(=O)O. The van der Waals surface area contributed by atoms with E-state index in [0.29, 0.717) is 39.6 Å². The summed E-state index contributed by atoms with van der Waals surface area (Å²) in [5.74, 6) is -0.934. The van der Waals surface area contributed by atoms with Crippen molar-refractivity contribution in [1.82, 2.24) is 0 Å². The van der Waals surface area contributed by atoms with Crippen molar-refractivity contribution in [1.29, 1.82) is 0 Å². The summed E-state index contributed by atoms with van der Waals surface area (Å²) >= 11 is 2.96. The van der Waals surface area contributed by atoms with Gasteiger partial charge in [0.05, 0.1) is 39.6 Å². The van der Waals surface area contributed by atoms with E-state index in [1.807, 2.05) is 0 Å². The van der Waals surface area contributed by atoms with Crippen LogP contribution in [0.25, 0.3) is 0 Å². The minimum atomic E-state index is -0.934. The van der Waals surface area contributed by atoms with Crippen molar-refractivity contribution in [2.24, 2.45) is 5.73 Å². The Morgan fingerprint density at radius 3 is 2.12 bits per heavy atom. The second kappa shape index (κ2) is 11.3. The van der Waals surface area contributed by atoms with Crippen LogP contribution in [-0.2, 0) is 19.0 Å². The van der Waals surface area contributed by atoms with Crippen LogP contribution in [0.5, 0.6) is 0 Å². The quantitative estimate of drug-likeness (QED) is 0.407. The van der Waals surface area contributed by atoms with E-state index in [0.717, 1.165) is 0 Å². The molecule has 3 N–H and O–H groups in total. The van der Waals surface area contributed by atoms with E-state index in [1.165, 1.54) is 0 Å². The van der Waals surface area contributed by atoms with Gasteiger partial charge in [-0.2, -0.15) is 0 Å². The van der Waals surface area contributed by atoms with Gasteiger partial charge < -0.3 is 25.1 Å². The minimum Gasteiger partial charge on any atom is -0.480 e. The molecule has 1 atom stereocenters. The molecule has 96 valence electrons. The van der Waals surface area contributed by atoms with Crippen molar-refractivity contribution in [2.45, 2.75) is 4.83 Å². The second-order valence-corrected chi connectivity index (χ2v) is 4.00. The third-order valence-corrected chi connectivity index (χ3v) is 2.19. The van der Waals surface area contributed by atoms with Crippen molar-refractivity contribution < 1.29 is 24.1 Å². The number of alkyl halides is 1. The number of rotatable bonds is 11. The molecule has 0 heterocycles. The molecule has 0 radical (unpaired) electrons. The zero-order valence-corrected chi connectivity index (χ0v) is 10.6. The molecule has 0 aliphatic heterocycles. The highest BCUT2D eigenvalue weighted by Gasteiger charge is 2.12. The van der Waals surface area contributed by atoms with E-state index >= 15 is 0 Å². The van der Waals surface area contributed by atoms with Crippen LogP contribution < -0.4 is 5.73 Å². The van der Waals surface area contributed by atoms with Crippen molar-refractivity contribution in [3.05, 3.63) is 0 Å². The molecule has 0 aromatic rings. The molecule has 1 unspecified atom stereocenters. The zero-order valence-electron chi connectivity index (χ0n) is 9.06. The topological polar surface area (TPSA) is 91.0 Å². The average molecular weight is 300 g/mol. The van der Waals surface area contributed by atoms with Crippen molar-refractivity contribution in [3.63, 3.8) is 0 Å². The zero-order chi connectivity index (χ0) is 12.2. The van der Waals surface area contributed by atoms with Crippen LogP contribution in [0.2, 0.25) is 0 Å². The number of halogens is 1. The minimum absolute atomic E-state index is 0.127. The third-order valence-electron chi connectivity index (χ3n) is 1.54. The Morgan fingerprint density at radius 1 is 1.12 bits per heavy atom. The molecule has 0 spiro atoms. The Kier molecular flexibility index (Phi) is 11.1. The number of hydrogen-bond donors (Lipinski definition) is 2. The molecule has 0 aromatic carbocycles. The first-order valence-corrected chi connectivity index (χ1v) is 5.90. The number of carboxylic acid groups (broad SMARTS) is 1. The first-order chi connectivity index (χ1) is 7.68. The molecule has 0 aromatic heterocycles. The molecule has 16 heavy (non-hydrogen) atoms. The van der Waals surface area contributed by atoms with E-state index in [-0.39, 0.29) is 6.61 Å². The van der Waals surface area contributed by atoms with Crippen molar-refractivity contribution in [2.75, 3.05) is 46.2 Å². The smallest absolute Gasteiger partial charge is 0.319 e. The Morgan fingerprint density at radius 2 is 1.62 bits per heavy atom. The van der Waals surface area contributed by atoms with Crippen LogP contribution in [0.15, 0.2) is 0 Å². The van der Waals surface area contributed by atoms with Gasteiger partial charge in [0.2, 0.25) is 0 Å². The van der Waals surface area contributed by atoms with Crippen LogP contribution in [0.4, 0.5) is 0 Å². The van der Waals surface area contributed by atoms with Gasteiger partial charge in [0, 0.05) is 6.54 Å². The van der Waals surface area contributed by atoms with Gasteiger partial charge in [0.1, 0.15) is 4.83 Å². The maximum absolute atomic E-state index is 10.4. The van der Waals surface area contributed by atoms with Crippen LogP contribution >= 0.6 is 15.9 Å². The predicted octanol–water partition coefficient (Wildman–Crippen LogP) is -0.157. The molecule has 0 fully saturated rings. The molecular formula is C9H18BrNO5. The fourth-order valence-corrected chi connectivity index (χ4v) is 0.968. The normalized spacial score (nSPS) is 12.6. The summed E-state index contributed by atoms with van der Waals surface area (Å²) in [6, 6.07) is 0. The highest BCUT2D eigenvalue weighted by molar-refractivity contribution is 9.10. The predicted molar refractivity (Wildman–Crippen MR) is 61.9 cm³/mol. The highest BCUT2D eigenvalue weighted by atomic mass is 79.9. The van der Waals surface area contributed by atoms with Crippen LogP contribution in [-0.4, -0.2) is 62.1 Å². The lowest BCUT2D eigenvalue weighted by Gasteiger charge is -2.07. The average Bonchev–Trinajstić information content (AvgIpc) is 2.26. The summed E-state index contributed by atoms with van der Waals surface area (Å²) in [7, 11) is 0. The summed E-state index contributed by atoms with van der Waals surface area (Å²) in [6.45, 7) is 2.95. The van der Waals surface area contributed by atoms with Crippen LogP contribution in [0, 0.1) is 0 Å². The molecule has 0 saturated carbocycles. The molecule has 0 aliphatic carbocycles. The van der Waals surface area contributed by atoms with E-state index in [2.05, 4.69) is 15.9 Å². The van der Waals surface area contributed by atoms with Gasteiger partial charge in [-0.1, -0.05) is 15.9 Å². The Hall–Kier alpha value is -0.210. The highest BCUT2D eigenvalue weighted by Crippen LogP contribution is 1.99. The fraction of sp³-hybridized carbons (Fsp3) is 0.889. The lowest BCUT2D eigenvalue weighted by atomic mass is 10.5. The van der Waals surface area contributed by atoms with Gasteiger partial charge in [0.25, 0.3) is 0 Å². The number of ether oxygens (including phenoxy) is 3. The lowest BCUT2D eigenvalue weighted by Crippen LogP contribution is -2.20. The number of hydrogen-bond acceptors (Lipinski definition) is 5. The monoisotopic (exact) mass is 299 g/mol. The molecule has 0 aliphatic rings. The first kappa shape index (κ1) is 15.8. The van der Waals surface area contributed by atoms with Gasteiger partial charge >= 0.3 is 5.97 Å². The molecule has 0 bridgehead atoms. The van der Waals surface area contributed by atoms with Crippen LogP contribution in [0.1, 0.15) is 0 Å². The Labute approximate surface area is 103 Å². The summed E-state index contributed by atoms with van der Waals surface area (Å²) < 4.78 is 15.3. The van der Waals surface area contributed by atoms with Gasteiger partial charge in [-0.15, -0.1) is 0 Å². The van der Waals surface area contributed by atoms with E-state index < -0.39 is 10.8 Å². The molecule has 7 heteroatoms. The molecule has 0 amide bonds. The summed E-state index contributed by atoms with van der Waals surface area (Å²) in [5.41, 5.74) is 5.22. The van der Waals surface area contributed by atoms with Crippen LogP contribution in [0.3, 0.4) is 0 Å². The maximum atomic E-state index is 10.4. The first-order valence-electron chi connectivity index (χ1n) is 4.98. The van der Waals surface area contributed by atoms with E-state index in [1.54, 1.807) is 0 Å². The van der Waals surface area contributed by atoms with Gasteiger partial charge in [-0.3, -0.25) is 4.79 Å². The lowest BCUT2D eigenvalue weighted by molar-refractivity contribution is -0.137. The van der Waals surface area contributed by atoms with Gasteiger partial charge in [-0.25, -0.2) is 0 Å². The molecule has 0 saturated heterocycles. The third kappa shape index (κ3) is 10.3. The van der Waals surface area contributed by atoms with E-state index in [9.17, 15) is 4.79 Å². The molecule has 0 rings (SSSR count). The number of aliphatic carboxylic acids is 1. The fourth-order valence-electron chi connectivity index (χ4n) is 0.781. The maximum Gasteiger partial charge on any atom is 0.319 e. The molecule has 6 nitrogen and oxygen atoms in total.